The normalized spacial score (nSPS) is 11.9. The summed E-state index contributed by atoms with van der Waals surface area (Å²) in [6.07, 6.45) is -0.0488. The zero-order chi connectivity index (χ0) is 36.1. The first-order valence-electron chi connectivity index (χ1n) is 15.7. The molecule has 6 rings (SSSR count). The number of halogens is 1. The van der Waals surface area contributed by atoms with Crippen molar-refractivity contribution in [1.82, 2.24) is 5.32 Å². The molecule has 6 aromatic rings. The first-order chi connectivity index (χ1) is 24.5. The molecule has 0 heterocycles. The van der Waals surface area contributed by atoms with Crippen LogP contribution in [0.4, 0.5) is 11.4 Å². The van der Waals surface area contributed by atoms with Gasteiger partial charge in [0, 0.05) is 23.6 Å². The van der Waals surface area contributed by atoms with Crippen LogP contribution in [0.5, 0.6) is 0 Å². The Labute approximate surface area is 298 Å². The molecule has 1 unspecified atom stereocenters. The van der Waals surface area contributed by atoms with Gasteiger partial charge in [-0.1, -0.05) is 109 Å². The van der Waals surface area contributed by atoms with Crippen molar-refractivity contribution >= 4 is 55.6 Å². The van der Waals surface area contributed by atoms with Crippen LogP contribution < -0.4 is 9.62 Å². The van der Waals surface area contributed by atoms with Crippen LogP contribution in [0.2, 0.25) is 5.02 Å². The first kappa shape index (κ1) is 34.8. The lowest BCUT2D eigenvalue weighted by Gasteiger charge is -2.27. The van der Waals surface area contributed by atoms with Gasteiger partial charge in [0.25, 0.3) is 21.6 Å². The minimum Gasteiger partial charge on any atom is -0.480 e. The van der Waals surface area contributed by atoms with Crippen LogP contribution in [0.15, 0.2) is 144 Å². The fourth-order valence-electron chi connectivity index (χ4n) is 5.80. The predicted octanol–water partition coefficient (Wildman–Crippen LogP) is 7.89. The van der Waals surface area contributed by atoms with E-state index in [1.54, 1.807) is 24.3 Å². The number of nitrogens with one attached hydrogen (secondary N) is 1. The SMILES string of the molecule is O=C(NC(Cc1ccc(-c2ccccc2)cc1)C(=O)O)c1cc(Cl)ccc1N(Cc1cccc2ccccc12)S(=O)(=O)c1ccc([N+](=O)[O-])cc1. The highest BCUT2D eigenvalue weighted by Gasteiger charge is 2.31. The summed E-state index contributed by atoms with van der Waals surface area (Å²) in [5.41, 5.74) is 2.67. The molecule has 1 amide bonds. The highest BCUT2D eigenvalue weighted by Crippen LogP contribution is 2.33. The largest absolute Gasteiger partial charge is 0.480 e. The van der Waals surface area contributed by atoms with Crippen LogP contribution in [-0.4, -0.2) is 36.4 Å². The molecule has 6 aromatic carbocycles. The number of carboxylic acid groups (broad SMARTS) is 1. The van der Waals surface area contributed by atoms with Gasteiger partial charge in [0.15, 0.2) is 0 Å². The van der Waals surface area contributed by atoms with Crippen molar-refractivity contribution in [2.24, 2.45) is 0 Å². The molecule has 0 saturated carbocycles. The number of non-ortho nitro benzene ring substituents is 1. The average Bonchev–Trinajstić information content (AvgIpc) is 3.14. The number of carboxylic acids is 1. The van der Waals surface area contributed by atoms with Crippen LogP contribution >= 0.6 is 11.6 Å². The summed E-state index contributed by atoms with van der Waals surface area (Å²) < 4.78 is 29.9. The number of aliphatic carboxylic acids is 1. The van der Waals surface area contributed by atoms with E-state index < -0.39 is 32.9 Å². The number of nitro groups is 1. The maximum Gasteiger partial charge on any atom is 0.326 e. The number of sulfonamides is 1. The van der Waals surface area contributed by atoms with Gasteiger partial charge < -0.3 is 10.4 Å². The molecule has 12 heteroatoms. The Kier molecular flexibility index (Phi) is 10.1. The maximum absolute atomic E-state index is 14.4. The molecule has 0 aliphatic rings. The fraction of sp³-hybridized carbons (Fsp3) is 0.0769. The Hall–Kier alpha value is -6.04. The number of benzene rings is 6. The molecule has 1 atom stereocenters. The standard InChI is InChI=1S/C39H30ClN3O7S/c40-31-17-22-37(35(24-31)38(44)41-36(39(45)46)23-26-13-15-28(16-14-26)27-7-2-1-3-8-27)42(25-30-11-6-10-29-9-4-5-12-34(29)30)51(49,50)33-20-18-32(19-21-33)43(47)48/h1-22,24,36H,23,25H2,(H,41,44)(H,45,46). The molecule has 0 aromatic heterocycles. The molecular weight excluding hydrogens is 690 g/mol. The van der Waals surface area contributed by atoms with Crippen molar-refractivity contribution in [2.75, 3.05) is 4.31 Å². The fourth-order valence-corrected chi connectivity index (χ4v) is 7.43. The highest BCUT2D eigenvalue weighted by molar-refractivity contribution is 7.92. The summed E-state index contributed by atoms with van der Waals surface area (Å²) in [4.78, 5) is 36.8. The maximum atomic E-state index is 14.4. The van der Waals surface area contributed by atoms with E-state index in [2.05, 4.69) is 5.32 Å². The number of carbonyl (C=O) groups excluding carboxylic acids is 1. The zero-order valence-electron chi connectivity index (χ0n) is 26.8. The minimum atomic E-state index is -4.48. The van der Waals surface area contributed by atoms with Crippen molar-refractivity contribution in [1.29, 1.82) is 0 Å². The Morgan fingerprint density at radius 2 is 1.45 bits per heavy atom. The van der Waals surface area contributed by atoms with E-state index in [1.807, 2.05) is 72.8 Å². The number of hydrogen-bond donors (Lipinski definition) is 2. The summed E-state index contributed by atoms with van der Waals surface area (Å²) in [6.45, 7) is -0.237. The van der Waals surface area contributed by atoms with Crippen LogP contribution in [-0.2, 0) is 27.8 Å². The van der Waals surface area contributed by atoms with Gasteiger partial charge in [-0.3, -0.25) is 19.2 Å². The number of amides is 1. The van der Waals surface area contributed by atoms with E-state index in [0.29, 0.717) is 11.1 Å². The first-order valence-corrected chi connectivity index (χ1v) is 17.5. The summed E-state index contributed by atoms with van der Waals surface area (Å²) in [5, 5.41) is 25.7. The molecular formula is C39H30ClN3O7S. The average molecular weight is 720 g/mol. The van der Waals surface area contributed by atoms with Crippen molar-refractivity contribution in [2.45, 2.75) is 23.9 Å². The van der Waals surface area contributed by atoms with Gasteiger partial charge in [-0.2, -0.15) is 0 Å². The molecule has 2 N–H and O–H groups in total. The third-order valence-electron chi connectivity index (χ3n) is 8.41. The van der Waals surface area contributed by atoms with Gasteiger partial charge in [0.05, 0.1) is 27.6 Å². The van der Waals surface area contributed by atoms with Crippen LogP contribution in [0.3, 0.4) is 0 Å². The molecule has 0 saturated heterocycles. The number of carbonyl (C=O) groups is 2. The highest BCUT2D eigenvalue weighted by atomic mass is 35.5. The quantitative estimate of drug-likeness (QED) is 0.0966. The van der Waals surface area contributed by atoms with E-state index in [-0.39, 0.29) is 39.8 Å². The van der Waals surface area contributed by atoms with Crippen LogP contribution in [0.25, 0.3) is 21.9 Å². The summed E-state index contributed by atoms with van der Waals surface area (Å²) in [6, 6.07) is 37.0. The summed E-state index contributed by atoms with van der Waals surface area (Å²) in [5.74, 6) is -2.15. The predicted molar refractivity (Wildman–Crippen MR) is 196 cm³/mol. The van der Waals surface area contributed by atoms with Crippen molar-refractivity contribution in [3.05, 3.63) is 171 Å². The van der Waals surface area contributed by atoms with Crippen molar-refractivity contribution in [3.63, 3.8) is 0 Å². The number of fused-ring (bicyclic) bond motifs is 1. The molecule has 0 radical (unpaired) electrons. The van der Waals surface area contributed by atoms with E-state index in [1.165, 1.54) is 18.2 Å². The summed E-state index contributed by atoms with van der Waals surface area (Å²) in [7, 11) is -4.48. The number of nitrogens with zero attached hydrogens (tertiary/aromatic N) is 2. The van der Waals surface area contributed by atoms with Gasteiger partial charge in [-0.25, -0.2) is 13.2 Å². The second-order valence-corrected chi connectivity index (χ2v) is 14.0. The van der Waals surface area contributed by atoms with Gasteiger partial charge >= 0.3 is 5.97 Å². The number of anilines is 1. The molecule has 0 bridgehead atoms. The molecule has 0 aliphatic carbocycles. The number of nitro benzene ring substituents is 1. The zero-order valence-corrected chi connectivity index (χ0v) is 28.4. The lowest BCUT2D eigenvalue weighted by Crippen LogP contribution is -2.43. The van der Waals surface area contributed by atoms with Gasteiger partial charge in [-0.15, -0.1) is 0 Å². The van der Waals surface area contributed by atoms with Crippen LogP contribution in [0, 0.1) is 10.1 Å². The monoisotopic (exact) mass is 719 g/mol. The second-order valence-electron chi connectivity index (χ2n) is 11.7. The topological polar surface area (TPSA) is 147 Å². The second kappa shape index (κ2) is 14.8. The Morgan fingerprint density at radius 1 is 0.804 bits per heavy atom. The molecule has 0 aliphatic heterocycles. The Bertz CT molecular complexity index is 2350. The molecule has 10 nitrogen and oxygen atoms in total. The lowest BCUT2D eigenvalue weighted by molar-refractivity contribution is -0.384. The van der Waals surface area contributed by atoms with E-state index >= 15 is 0 Å². The molecule has 0 fully saturated rings. The van der Waals surface area contributed by atoms with Crippen LogP contribution in [0.1, 0.15) is 21.5 Å². The minimum absolute atomic E-state index is 0.0488. The third-order valence-corrected chi connectivity index (χ3v) is 10.4. The van der Waals surface area contributed by atoms with Gasteiger partial charge in [0.1, 0.15) is 6.04 Å². The van der Waals surface area contributed by atoms with Crippen molar-refractivity contribution in [3.8, 4) is 11.1 Å². The number of rotatable bonds is 12. The number of hydrogen-bond acceptors (Lipinski definition) is 6. The van der Waals surface area contributed by atoms with Gasteiger partial charge in [-0.05, 0) is 63.4 Å². The van der Waals surface area contributed by atoms with E-state index in [0.717, 1.165) is 50.5 Å². The van der Waals surface area contributed by atoms with E-state index in [4.69, 9.17) is 11.6 Å². The smallest absolute Gasteiger partial charge is 0.326 e. The summed E-state index contributed by atoms with van der Waals surface area (Å²) >= 11 is 6.35. The van der Waals surface area contributed by atoms with E-state index in [9.17, 15) is 33.2 Å². The Balaban J connectivity index is 1.37. The molecule has 51 heavy (non-hydrogen) atoms. The van der Waals surface area contributed by atoms with Gasteiger partial charge in [0.2, 0.25) is 0 Å². The third kappa shape index (κ3) is 7.75. The lowest BCUT2D eigenvalue weighted by atomic mass is 10.0. The molecule has 0 spiro atoms. The molecule has 256 valence electrons. The Morgan fingerprint density at radius 3 is 2.14 bits per heavy atom. The van der Waals surface area contributed by atoms with Crippen molar-refractivity contribution < 1.29 is 28.0 Å².